The average Bonchev–Trinajstić information content (AvgIpc) is 3.49. The Morgan fingerprint density at radius 2 is 0.434 bits per heavy atom. The molecule has 0 bridgehead atoms. The van der Waals surface area contributed by atoms with Gasteiger partial charge in [0.15, 0.2) is 6.10 Å². The Bertz CT molecular complexity index is 1340. The zero-order valence-electron chi connectivity index (χ0n) is 56.5. The van der Waals surface area contributed by atoms with Gasteiger partial charge in [0.05, 0.1) is 0 Å². The molecule has 0 aromatic heterocycles. The van der Waals surface area contributed by atoms with Crippen molar-refractivity contribution in [3.63, 3.8) is 0 Å². The van der Waals surface area contributed by atoms with Gasteiger partial charge in [-0.1, -0.05) is 385 Å². The van der Waals surface area contributed by atoms with Crippen LogP contribution >= 0.6 is 0 Å². The fourth-order valence-corrected chi connectivity index (χ4v) is 11.8. The van der Waals surface area contributed by atoms with Crippen LogP contribution in [0.25, 0.3) is 0 Å². The molecule has 0 heterocycles. The predicted octanol–water partition coefficient (Wildman–Crippen LogP) is 26.1. The summed E-state index contributed by atoms with van der Waals surface area (Å²) in [4.78, 5) is 38.5. The van der Waals surface area contributed by atoms with Gasteiger partial charge in [0.2, 0.25) is 0 Å². The smallest absolute Gasteiger partial charge is 0.306 e. The maximum Gasteiger partial charge on any atom is 0.306 e. The Kier molecular flexibility index (Phi) is 70.5. The number of hydrogen-bond donors (Lipinski definition) is 0. The first-order chi connectivity index (χ1) is 41.0. The normalized spacial score (nSPS) is 12.1. The van der Waals surface area contributed by atoms with Crippen LogP contribution in [0.1, 0.15) is 432 Å². The van der Waals surface area contributed by atoms with Crippen LogP contribution in [0.2, 0.25) is 0 Å². The van der Waals surface area contributed by atoms with Crippen molar-refractivity contribution in [3.8, 4) is 0 Å². The number of allylic oxidation sites excluding steroid dienone is 4. The van der Waals surface area contributed by atoms with Crippen molar-refractivity contribution in [3.05, 3.63) is 24.3 Å². The van der Waals surface area contributed by atoms with Gasteiger partial charge in [-0.05, 0) is 51.4 Å². The molecule has 1 unspecified atom stereocenters. The molecule has 0 aromatic rings. The van der Waals surface area contributed by atoms with Crippen molar-refractivity contribution in [1.82, 2.24) is 0 Å². The van der Waals surface area contributed by atoms with E-state index in [0.29, 0.717) is 19.3 Å². The molecule has 0 aliphatic carbocycles. The third kappa shape index (κ3) is 70.5. The van der Waals surface area contributed by atoms with E-state index in [0.717, 1.165) is 64.2 Å². The molecule has 6 nitrogen and oxygen atoms in total. The largest absolute Gasteiger partial charge is 0.462 e. The van der Waals surface area contributed by atoms with Gasteiger partial charge in [-0.25, -0.2) is 0 Å². The molecule has 6 heteroatoms. The molecule has 83 heavy (non-hydrogen) atoms. The predicted molar refractivity (Wildman–Crippen MR) is 363 cm³/mol. The second-order valence-corrected chi connectivity index (χ2v) is 25.9. The molecule has 490 valence electrons. The van der Waals surface area contributed by atoms with Crippen molar-refractivity contribution in [2.45, 2.75) is 438 Å². The minimum Gasteiger partial charge on any atom is -0.462 e. The van der Waals surface area contributed by atoms with Gasteiger partial charge >= 0.3 is 17.9 Å². The second-order valence-electron chi connectivity index (χ2n) is 25.9. The van der Waals surface area contributed by atoms with E-state index in [1.165, 1.54) is 327 Å². The quantitative estimate of drug-likeness (QED) is 0.0261. The fraction of sp³-hybridized carbons (Fsp3) is 0.909. The first kappa shape index (κ1) is 80.9. The van der Waals surface area contributed by atoms with Gasteiger partial charge in [0.25, 0.3) is 0 Å². The Morgan fingerprint density at radius 3 is 0.663 bits per heavy atom. The van der Waals surface area contributed by atoms with Crippen LogP contribution in [-0.2, 0) is 28.6 Å². The van der Waals surface area contributed by atoms with E-state index in [9.17, 15) is 14.4 Å². The van der Waals surface area contributed by atoms with Crippen molar-refractivity contribution in [2.24, 2.45) is 0 Å². The molecule has 0 rings (SSSR count). The van der Waals surface area contributed by atoms with Crippen molar-refractivity contribution < 1.29 is 28.6 Å². The highest BCUT2D eigenvalue weighted by molar-refractivity contribution is 5.71. The minimum atomic E-state index is -0.768. The maximum absolute atomic E-state index is 13.0. The molecule has 0 aliphatic heterocycles. The first-order valence-corrected chi connectivity index (χ1v) is 37.8. The highest BCUT2D eigenvalue weighted by Crippen LogP contribution is 2.19. The van der Waals surface area contributed by atoms with E-state index in [-0.39, 0.29) is 31.1 Å². The van der Waals surface area contributed by atoms with Crippen molar-refractivity contribution in [2.75, 3.05) is 13.2 Å². The molecule has 0 aromatic carbocycles. The van der Waals surface area contributed by atoms with Crippen molar-refractivity contribution in [1.29, 1.82) is 0 Å². The van der Waals surface area contributed by atoms with Gasteiger partial charge in [0.1, 0.15) is 13.2 Å². The summed E-state index contributed by atoms with van der Waals surface area (Å²) < 4.78 is 17.0. The van der Waals surface area contributed by atoms with E-state index in [1.807, 2.05) is 0 Å². The summed E-state index contributed by atoms with van der Waals surface area (Å²) in [5, 5.41) is 0. The molecule has 1 atom stereocenters. The molecule has 0 saturated heterocycles. The van der Waals surface area contributed by atoms with Gasteiger partial charge in [-0.2, -0.15) is 0 Å². The van der Waals surface area contributed by atoms with Crippen LogP contribution in [0.15, 0.2) is 24.3 Å². The topological polar surface area (TPSA) is 78.9 Å². The highest BCUT2D eigenvalue weighted by Gasteiger charge is 2.20. The van der Waals surface area contributed by atoms with E-state index in [4.69, 9.17) is 14.2 Å². The lowest BCUT2D eigenvalue weighted by Crippen LogP contribution is -2.30. The summed E-state index contributed by atoms with van der Waals surface area (Å²) in [6, 6.07) is 0. The number of carbonyl (C=O) groups excluding carboxylic acids is 3. The highest BCUT2D eigenvalue weighted by atomic mass is 16.6. The van der Waals surface area contributed by atoms with E-state index >= 15 is 0 Å². The summed E-state index contributed by atoms with van der Waals surface area (Å²) in [6.07, 6.45) is 89.5. The van der Waals surface area contributed by atoms with E-state index in [2.05, 4.69) is 45.1 Å². The Balaban J connectivity index is 4.15. The lowest BCUT2D eigenvalue weighted by molar-refractivity contribution is -0.167. The summed E-state index contributed by atoms with van der Waals surface area (Å²) >= 11 is 0. The molecule has 0 radical (unpaired) electrons. The summed E-state index contributed by atoms with van der Waals surface area (Å²) in [6.45, 7) is 6.72. The van der Waals surface area contributed by atoms with Crippen LogP contribution in [0.3, 0.4) is 0 Å². The minimum absolute atomic E-state index is 0.0642. The maximum atomic E-state index is 13.0. The molecule has 0 aliphatic rings. The van der Waals surface area contributed by atoms with E-state index < -0.39 is 6.10 Å². The third-order valence-electron chi connectivity index (χ3n) is 17.5. The molecular weight excluding hydrogens is 1020 g/mol. The number of hydrogen-bond acceptors (Lipinski definition) is 6. The lowest BCUT2D eigenvalue weighted by atomic mass is 10.0. The summed E-state index contributed by atoms with van der Waals surface area (Å²) in [5.74, 6) is -0.830. The number of rotatable bonds is 71. The lowest BCUT2D eigenvalue weighted by Gasteiger charge is -2.18. The van der Waals surface area contributed by atoms with Gasteiger partial charge in [0, 0.05) is 19.3 Å². The van der Waals surface area contributed by atoms with Crippen LogP contribution in [0.4, 0.5) is 0 Å². The zero-order valence-corrected chi connectivity index (χ0v) is 56.5. The number of ether oxygens (including phenoxy) is 3. The molecular formula is C77H146O6. The van der Waals surface area contributed by atoms with E-state index in [1.54, 1.807) is 0 Å². The molecule has 0 spiro atoms. The molecule has 0 saturated carbocycles. The fourth-order valence-electron chi connectivity index (χ4n) is 11.8. The monoisotopic (exact) mass is 1170 g/mol. The van der Waals surface area contributed by atoms with Crippen LogP contribution in [0.5, 0.6) is 0 Å². The van der Waals surface area contributed by atoms with Gasteiger partial charge in [-0.3, -0.25) is 14.4 Å². The third-order valence-corrected chi connectivity index (χ3v) is 17.5. The molecule has 0 fully saturated rings. The Hall–Kier alpha value is -2.11. The van der Waals surface area contributed by atoms with Gasteiger partial charge in [-0.15, -0.1) is 0 Å². The van der Waals surface area contributed by atoms with Crippen LogP contribution in [0, 0.1) is 0 Å². The Morgan fingerprint density at radius 1 is 0.241 bits per heavy atom. The standard InChI is InChI=1S/C77H146O6/c1-4-7-10-13-16-19-22-25-27-29-31-33-35-37-38-39-41-42-44-46-48-50-52-55-58-61-64-67-70-76(79)82-73-74(72-81-75(78)69-66-63-60-57-54-24-21-18-15-12-9-6-3)83-77(80)71-68-65-62-59-56-53-51-49-47-45-43-40-36-34-32-30-28-26-23-20-17-14-11-8-5-2/h23,26,30,32,74H,4-22,24-25,27-29,31,33-73H2,1-3H3/b26-23-,32-30-. The second kappa shape index (κ2) is 72.4. The number of unbranched alkanes of at least 4 members (excludes halogenated alkanes) is 56. The summed E-state index contributed by atoms with van der Waals surface area (Å²) in [7, 11) is 0. The Labute approximate surface area is 519 Å². The number of esters is 3. The molecule has 0 amide bonds. The first-order valence-electron chi connectivity index (χ1n) is 37.8. The number of carbonyl (C=O) groups is 3. The average molecular weight is 1170 g/mol. The van der Waals surface area contributed by atoms with Crippen molar-refractivity contribution >= 4 is 17.9 Å². The zero-order chi connectivity index (χ0) is 59.9. The SMILES string of the molecule is CCCCCCC/C=C\C/C=C\CCCCCCCCCCCCCCCC(=O)OC(COC(=O)CCCCCCCCCCCCCC)COC(=O)CCCCCCCCCCCCCCCCCCCCCCCCCCCCCC. The van der Waals surface area contributed by atoms with Crippen LogP contribution < -0.4 is 0 Å². The van der Waals surface area contributed by atoms with Crippen LogP contribution in [-0.4, -0.2) is 37.2 Å². The van der Waals surface area contributed by atoms with Gasteiger partial charge < -0.3 is 14.2 Å². The summed E-state index contributed by atoms with van der Waals surface area (Å²) in [5.41, 5.74) is 0. The molecule has 0 N–H and O–H groups in total.